The molecule has 0 bridgehead atoms. The number of ether oxygens (including phenoxy) is 1. The normalized spacial score (nSPS) is 18.3. The van der Waals surface area contributed by atoms with Crippen LogP contribution in [0.25, 0.3) is 0 Å². The molecular formula is C22H27N4O4+. The van der Waals surface area contributed by atoms with E-state index in [9.17, 15) is 14.4 Å². The second-order valence-electron chi connectivity index (χ2n) is 7.40. The molecule has 8 nitrogen and oxygen atoms in total. The van der Waals surface area contributed by atoms with E-state index in [1.54, 1.807) is 55.6 Å². The van der Waals surface area contributed by atoms with Crippen LogP contribution in [0.15, 0.2) is 48.5 Å². The maximum Gasteiger partial charge on any atom is 0.279 e. The topological polar surface area (TPSA) is 115 Å². The molecule has 3 amide bonds. The van der Waals surface area contributed by atoms with Crippen molar-refractivity contribution < 1.29 is 24.0 Å². The van der Waals surface area contributed by atoms with E-state index in [2.05, 4.69) is 10.6 Å². The summed E-state index contributed by atoms with van der Waals surface area (Å²) in [6, 6.07) is 13.8. The van der Waals surface area contributed by atoms with E-state index in [0.29, 0.717) is 29.2 Å². The van der Waals surface area contributed by atoms with E-state index in [1.807, 2.05) is 0 Å². The summed E-state index contributed by atoms with van der Waals surface area (Å²) in [5.41, 5.74) is 6.84. The second-order valence-corrected chi connectivity index (χ2v) is 7.40. The van der Waals surface area contributed by atoms with Crippen molar-refractivity contribution in [2.45, 2.75) is 12.8 Å². The lowest BCUT2D eigenvalue weighted by molar-refractivity contribution is -0.899. The third-order valence-electron chi connectivity index (χ3n) is 5.22. The van der Waals surface area contributed by atoms with Gasteiger partial charge in [-0.2, -0.15) is 0 Å². The second kappa shape index (κ2) is 9.89. The minimum absolute atomic E-state index is 0.191. The van der Waals surface area contributed by atoms with Crippen LogP contribution in [0.5, 0.6) is 5.75 Å². The van der Waals surface area contributed by atoms with Crippen molar-refractivity contribution in [3.8, 4) is 5.75 Å². The van der Waals surface area contributed by atoms with Gasteiger partial charge in [0.05, 0.1) is 37.4 Å². The third kappa shape index (κ3) is 5.57. The zero-order valence-electron chi connectivity index (χ0n) is 16.9. The van der Waals surface area contributed by atoms with Crippen LogP contribution in [0.2, 0.25) is 0 Å². The molecule has 3 rings (SSSR count). The highest BCUT2D eigenvalue weighted by Gasteiger charge is 2.28. The van der Waals surface area contributed by atoms with Crippen molar-refractivity contribution in [1.82, 2.24) is 0 Å². The van der Waals surface area contributed by atoms with Gasteiger partial charge in [0.1, 0.15) is 5.75 Å². The number of primary amides is 1. The predicted molar refractivity (Wildman–Crippen MR) is 114 cm³/mol. The number of likely N-dealkylation sites (tertiary alicyclic amines) is 1. The quantitative estimate of drug-likeness (QED) is 0.536. The van der Waals surface area contributed by atoms with Gasteiger partial charge in [-0.15, -0.1) is 0 Å². The van der Waals surface area contributed by atoms with Crippen molar-refractivity contribution >= 4 is 29.1 Å². The molecule has 158 valence electrons. The number of rotatable bonds is 7. The van der Waals surface area contributed by atoms with E-state index >= 15 is 0 Å². The van der Waals surface area contributed by atoms with Gasteiger partial charge in [0, 0.05) is 5.69 Å². The lowest BCUT2D eigenvalue weighted by Gasteiger charge is -2.27. The number of methoxy groups -OCH3 is 1. The number of para-hydroxylation sites is 1. The number of hydrogen-bond acceptors (Lipinski definition) is 4. The SMILES string of the molecule is COc1ccc(NC(=O)c2ccccc2NC(=O)C[NH+]2CCC[C@@H](C(N)=O)C2)cc1. The minimum Gasteiger partial charge on any atom is -0.497 e. The Morgan fingerprint density at radius 3 is 2.53 bits per heavy atom. The van der Waals surface area contributed by atoms with Crippen LogP contribution in [0.1, 0.15) is 23.2 Å². The first-order chi connectivity index (χ1) is 14.5. The van der Waals surface area contributed by atoms with Crippen molar-refractivity contribution in [3.05, 3.63) is 54.1 Å². The summed E-state index contributed by atoms with van der Waals surface area (Å²) in [4.78, 5) is 37.8. The fourth-order valence-corrected chi connectivity index (χ4v) is 3.64. The highest BCUT2D eigenvalue weighted by atomic mass is 16.5. The largest absolute Gasteiger partial charge is 0.497 e. The molecule has 1 aliphatic rings. The van der Waals surface area contributed by atoms with Gasteiger partial charge in [0.2, 0.25) is 5.91 Å². The number of amides is 3. The molecule has 1 unspecified atom stereocenters. The number of quaternary nitrogens is 1. The van der Waals surface area contributed by atoms with Gasteiger partial charge in [0.25, 0.3) is 11.8 Å². The van der Waals surface area contributed by atoms with Crippen LogP contribution in [-0.4, -0.2) is 44.5 Å². The number of carbonyl (C=O) groups is 3. The smallest absolute Gasteiger partial charge is 0.279 e. The van der Waals surface area contributed by atoms with Gasteiger partial charge in [-0.05, 0) is 49.2 Å². The number of nitrogens with one attached hydrogen (secondary N) is 3. The van der Waals surface area contributed by atoms with Gasteiger partial charge >= 0.3 is 0 Å². The van der Waals surface area contributed by atoms with Crippen LogP contribution in [0, 0.1) is 5.92 Å². The van der Waals surface area contributed by atoms with E-state index < -0.39 is 0 Å². The van der Waals surface area contributed by atoms with Crippen molar-refractivity contribution in [2.24, 2.45) is 11.7 Å². The summed E-state index contributed by atoms with van der Waals surface area (Å²) in [6.45, 7) is 1.59. The van der Waals surface area contributed by atoms with E-state index in [4.69, 9.17) is 10.5 Å². The fraction of sp³-hybridized carbons (Fsp3) is 0.318. The van der Waals surface area contributed by atoms with Crippen molar-refractivity contribution in [3.63, 3.8) is 0 Å². The van der Waals surface area contributed by atoms with Gasteiger partial charge < -0.3 is 26.0 Å². The van der Waals surface area contributed by atoms with Crippen LogP contribution in [0.4, 0.5) is 11.4 Å². The van der Waals surface area contributed by atoms with Crippen LogP contribution in [0.3, 0.4) is 0 Å². The third-order valence-corrected chi connectivity index (χ3v) is 5.22. The average molecular weight is 411 g/mol. The first kappa shape index (κ1) is 21.3. The summed E-state index contributed by atoms with van der Waals surface area (Å²) in [7, 11) is 1.58. The molecule has 30 heavy (non-hydrogen) atoms. The first-order valence-electron chi connectivity index (χ1n) is 9.93. The number of anilines is 2. The maximum absolute atomic E-state index is 12.7. The Balaban J connectivity index is 1.63. The number of benzene rings is 2. The Labute approximate surface area is 175 Å². The fourth-order valence-electron chi connectivity index (χ4n) is 3.64. The van der Waals surface area contributed by atoms with E-state index in [1.165, 1.54) is 0 Å². The highest BCUT2D eigenvalue weighted by Crippen LogP contribution is 2.19. The zero-order valence-corrected chi connectivity index (χ0v) is 16.9. The summed E-state index contributed by atoms with van der Waals surface area (Å²) in [6.07, 6.45) is 1.63. The lowest BCUT2D eigenvalue weighted by Crippen LogP contribution is -3.14. The zero-order chi connectivity index (χ0) is 21.5. The predicted octanol–water partition coefficient (Wildman–Crippen LogP) is 0.666. The molecule has 0 radical (unpaired) electrons. The minimum atomic E-state index is -0.324. The maximum atomic E-state index is 12.7. The first-order valence-corrected chi connectivity index (χ1v) is 9.93. The molecule has 2 aromatic rings. The molecule has 0 saturated carbocycles. The summed E-state index contributed by atoms with van der Waals surface area (Å²) in [5.74, 6) is -0.341. The molecule has 1 saturated heterocycles. The molecule has 1 aliphatic heterocycles. The number of hydrogen-bond donors (Lipinski definition) is 4. The van der Waals surface area contributed by atoms with Gasteiger partial charge in [-0.25, -0.2) is 0 Å². The van der Waals surface area contributed by atoms with E-state index in [0.717, 1.165) is 24.3 Å². The average Bonchev–Trinajstić information content (AvgIpc) is 2.74. The van der Waals surface area contributed by atoms with Crippen molar-refractivity contribution in [2.75, 3.05) is 37.4 Å². The standard InChI is InChI=1S/C22H26N4O4/c1-30-17-10-8-16(9-11-17)24-22(29)18-6-2-3-7-19(18)25-20(27)14-26-12-4-5-15(13-26)21(23)28/h2-3,6-11,15H,4-5,12-14H2,1H3,(H2,23,28)(H,24,29)(H,25,27)/p+1/t15-/m1/s1. The molecule has 1 fully saturated rings. The highest BCUT2D eigenvalue weighted by molar-refractivity contribution is 6.10. The summed E-state index contributed by atoms with van der Waals surface area (Å²) >= 11 is 0. The number of piperidine rings is 1. The lowest BCUT2D eigenvalue weighted by atomic mass is 9.97. The molecule has 0 spiro atoms. The number of nitrogens with two attached hydrogens (primary N) is 1. The Hall–Kier alpha value is -3.39. The monoisotopic (exact) mass is 411 g/mol. The summed E-state index contributed by atoms with van der Waals surface area (Å²) < 4.78 is 5.12. The molecule has 1 heterocycles. The molecule has 5 N–H and O–H groups in total. The van der Waals surface area contributed by atoms with Crippen LogP contribution in [-0.2, 0) is 9.59 Å². The Morgan fingerprint density at radius 1 is 1.10 bits per heavy atom. The van der Waals surface area contributed by atoms with Gasteiger partial charge in [0.15, 0.2) is 6.54 Å². The van der Waals surface area contributed by atoms with Crippen molar-refractivity contribution in [1.29, 1.82) is 0 Å². The molecule has 0 aromatic heterocycles. The van der Waals surface area contributed by atoms with Crippen LogP contribution >= 0.6 is 0 Å². The molecule has 2 aromatic carbocycles. The summed E-state index contributed by atoms with van der Waals surface area (Å²) in [5, 5.41) is 5.65. The molecular weight excluding hydrogens is 384 g/mol. The molecule has 8 heteroatoms. The Kier molecular flexibility index (Phi) is 7.03. The Bertz CT molecular complexity index is 914. The molecule has 0 aliphatic carbocycles. The Morgan fingerprint density at radius 2 is 1.83 bits per heavy atom. The van der Waals surface area contributed by atoms with Gasteiger partial charge in [-0.3, -0.25) is 14.4 Å². The number of carbonyl (C=O) groups excluding carboxylic acids is 3. The van der Waals surface area contributed by atoms with E-state index in [-0.39, 0.29) is 30.2 Å². The van der Waals surface area contributed by atoms with Crippen LogP contribution < -0.4 is 26.0 Å². The molecule has 2 atom stereocenters. The van der Waals surface area contributed by atoms with Gasteiger partial charge in [-0.1, -0.05) is 12.1 Å².